The minimum Gasteiger partial charge on any atom is -0.496 e. The quantitative estimate of drug-likeness (QED) is 0.279. The number of aryl methyl sites for hydroxylation is 1. The summed E-state index contributed by atoms with van der Waals surface area (Å²) in [5.74, 6) is -1.23. The normalized spacial score (nSPS) is 14.4. The Hall–Kier alpha value is -5.14. The molecule has 4 aromatic rings. The maximum Gasteiger partial charge on any atom is 0.346 e. The number of halogens is 1. The van der Waals surface area contributed by atoms with Crippen LogP contribution in [0.25, 0.3) is 22.3 Å². The number of rotatable bonds is 8. The lowest BCUT2D eigenvalue weighted by Crippen LogP contribution is -2.43. The highest BCUT2D eigenvalue weighted by Crippen LogP contribution is 2.37. The number of hydrogen-bond donors (Lipinski definition) is 3. The Bertz CT molecular complexity index is 1920. The van der Waals surface area contributed by atoms with Crippen LogP contribution in [0.15, 0.2) is 58.1 Å². The van der Waals surface area contributed by atoms with Crippen LogP contribution in [0.1, 0.15) is 27.2 Å². The van der Waals surface area contributed by atoms with Gasteiger partial charge in [-0.2, -0.15) is 5.10 Å². The summed E-state index contributed by atoms with van der Waals surface area (Å²) < 4.78 is 22.7. The molecule has 1 aliphatic rings. The highest BCUT2D eigenvalue weighted by Gasteiger charge is 2.26. The predicted octanol–water partition coefficient (Wildman–Crippen LogP) is 2.35. The van der Waals surface area contributed by atoms with Crippen LogP contribution in [0, 0.1) is 19.7 Å². The molecule has 1 saturated heterocycles. The largest absolute Gasteiger partial charge is 0.496 e. The molecule has 0 radical (unpaired) electrons. The van der Waals surface area contributed by atoms with Gasteiger partial charge in [-0.1, -0.05) is 30.3 Å². The first kappa shape index (κ1) is 30.3. The lowest BCUT2D eigenvalue weighted by molar-refractivity contribution is -0.125. The molecule has 1 aliphatic heterocycles. The third-order valence-corrected chi connectivity index (χ3v) is 7.69. The van der Waals surface area contributed by atoms with Crippen molar-refractivity contribution in [3.63, 3.8) is 0 Å². The van der Waals surface area contributed by atoms with E-state index in [1.54, 1.807) is 18.2 Å². The third-order valence-electron chi connectivity index (χ3n) is 7.69. The second-order valence-electron chi connectivity index (χ2n) is 10.4. The molecule has 44 heavy (non-hydrogen) atoms. The summed E-state index contributed by atoms with van der Waals surface area (Å²) in [7, 11) is 4.10. The zero-order valence-corrected chi connectivity index (χ0v) is 24.8. The standard InChI is InChI=1S/C31H31FN6O6/c1-16-19(18-12-23(32)22(26(13-18)43-5)14-33-25-15-44-36-28(25)39)8-6-9-20(16)21-10-7-11-24(17(21)2)34-29(40)27-30(41)37(3)31(42)38(4)35-27/h6-13,25,33H,14-15H2,1-5H3,(H,34,40)(H,36,39). The Morgan fingerprint density at radius 1 is 1.07 bits per heavy atom. The molecule has 0 aliphatic carbocycles. The summed E-state index contributed by atoms with van der Waals surface area (Å²) in [6.07, 6.45) is 0. The SMILES string of the molecule is COc1cc(-c2cccc(-c3cccc(NC(=O)c4nn(C)c(=O)n(C)c4=O)c3C)c2C)cc(F)c1CNC1CONC1=O. The summed E-state index contributed by atoms with van der Waals surface area (Å²) in [4.78, 5) is 54.3. The summed E-state index contributed by atoms with van der Waals surface area (Å²) in [6.45, 7) is 3.96. The molecule has 1 aromatic heterocycles. The van der Waals surface area contributed by atoms with Crippen LogP contribution in [0.4, 0.5) is 10.1 Å². The fourth-order valence-corrected chi connectivity index (χ4v) is 5.17. The number of carbonyl (C=O) groups excluding carboxylic acids is 2. The van der Waals surface area contributed by atoms with E-state index >= 15 is 4.39 Å². The van der Waals surface area contributed by atoms with E-state index in [1.165, 1.54) is 27.3 Å². The van der Waals surface area contributed by atoms with Crippen molar-refractivity contribution in [2.45, 2.75) is 26.4 Å². The lowest BCUT2D eigenvalue weighted by atomic mass is 9.90. The van der Waals surface area contributed by atoms with Gasteiger partial charge in [0.05, 0.1) is 13.7 Å². The van der Waals surface area contributed by atoms with Gasteiger partial charge in [0.2, 0.25) is 5.69 Å². The number of ether oxygens (including phenoxy) is 1. The summed E-state index contributed by atoms with van der Waals surface area (Å²) in [5, 5.41) is 9.58. The minimum absolute atomic E-state index is 0.0639. The topological polar surface area (TPSA) is 146 Å². The fourth-order valence-electron chi connectivity index (χ4n) is 5.17. The Morgan fingerprint density at radius 2 is 1.75 bits per heavy atom. The van der Waals surface area contributed by atoms with Gasteiger partial charge in [0, 0.05) is 31.9 Å². The first-order valence-electron chi connectivity index (χ1n) is 13.7. The first-order chi connectivity index (χ1) is 21.0. The zero-order chi connectivity index (χ0) is 31.7. The van der Waals surface area contributed by atoms with E-state index in [4.69, 9.17) is 9.57 Å². The molecule has 13 heteroatoms. The molecule has 0 bridgehead atoms. The second-order valence-corrected chi connectivity index (χ2v) is 10.4. The molecule has 1 atom stereocenters. The molecule has 0 saturated carbocycles. The van der Waals surface area contributed by atoms with Crippen molar-refractivity contribution in [3.8, 4) is 28.0 Å². The number of carbonyl (C=O) groups is 2. The third kappa shape index (κ3) is 5.62. The summed E-state index contributed by atoms with van der Waals surface area (Å²) in [6, 6.07) is 13.6. The maximum atomic E-state index is 15.4. The average Bonchev–Trinajstić information content (AvgIpc) is 3.42. The molecule has 3 aromatic carbocycles. The lowest BCUT2D eigenvalue weighted by Gasteiger charge is -2.18. The number of hydroxylamine groups is 1. The van der Waals surface area contributed by atoms with Gasteiger partial charge in [-0.15, -0.1) is 0 Å². The number of amides is 2. The number of methoxy groups -OCH3 is 1. The number of nitrogens with zero attached hydrogens (tertiary/aromatic N) is 3. The van der Waals surface area contributed by atoms with Crippen LogP contribution < -0.4 is 32.1 Å². The molecule has 2 heterocycles. The number of aromatic nitrogens is 3. The minimum atomic E-state index is -0.800. The highest BCUT2D eigenvalue weighted by atomic mass is 19.1. The van der Waals surface area contributed by atoms with Crippen molar-refractivity contribution in [3.05, 3.63) is 97.6 Å². The summed E-state index contributed by atoms with van der Waals surface area (Å²) >= 11 is 0. The molecule has 1 fully saturated rings. The van der Waals surface area contributed by atoms with Crippen LogP contribution in [-0.2, 0) is 30.3 Å². The van der Waals surface area contributed by atoms with Crippen LogP contribution >= 0.6 is 0 Å². The van der Waals surface area contributed by atoms with Gasteiger partial charge >= 0.3 is 5.69 Å². The van der Waals surface area contributed by atoms with Crippen LogP contribution in [0.5, 0.6) is 5.75 Å². The van der Waals surface area contributed by atoms with Crippen LogP contribution in [0.2, 0.25) is 0 Å². The molecule has 3 N–H and O–H groups in total. The van der Waals surface area contributed by atoms with E-state index in [9.17, 15) is 19.2 Å². The van der Waals surface area contributed by atoms with Gasteiger partial charge in [-0.25, -0.2) is 19.3 Å². The van der Waals surface area contributed by atoms with Crippen LogP contribution in [0.3, 0.4) is 0 Å². The fraction of sp³-hybridized carbons (Fsp3) is 0.258. The van der Waals surface area contributed by atoms with E-state index in [0.29, 0.717) is 17.0 Å². The van der Waals surface area contributed by atoms with Gasteiger partial charge in [0.15, 0.2) is 0 Å². The Labute approximate surface area is 251 Å². The molecule has 2 amide bonds. The van der Waals surface area contributed by atoms with Gasteiger partial charge < -0.3 is 10.1 Å². The van der Waals surface area contributed by atoms with Crippen molar-refractivity contribution in [1.82, 2.24) is 25.1 Å². The number of anilines is 1. The molecule has 1 unspecified atom stereocenters. The van der Waals surface area contributed by atoms with Crippen molar-refractivity contribution in [2.24, 2.45) is 14.1 Å². The van der Waals surface area contributed by atoms with E-state index in [-0.39, 0.29) is 24.6 Å². The summed E-state index contributed by atoms with van der Waals surface area (Å²) in [5.41, 5.74) is 5.78. The smallest absolute Gasteiger partial charge is 0.346 e. The molecule has 5 rings (SSSR count). The van der Waals surface area contributed by atoms with Crippen molar-refractivity contribution >= 4 is 17.5 Å². The molecular weight excluding hydrogens is 571 g/mol. The Kier molecular flexibility index (Phi) is 8.43. The number of benzene rings is 3. The van der Waals surface area contributed by atoms with Crippen molar-refractivity contribution < 1.29 is 23.6 Å². The van der Waals surface area contributed by atoms with E-state index in [0.717, 1.165) is 37.1 Å². The average molecular weight is 603 g/mol. The number of nitrogens with one attached hydrogen (secondary N) is 3. The second kappa shape index (κ2) is 12.2. The van der Waals surface area contributed by atoms with Crippen molar-refractivity contribution in [2.75, 3.05) is 19.0 Å². The molecule has 228 valence electrons. The first-order valence-corrected chi connectivity index (χ1v) is 13.7. The van der Waals surface area contributed by atoms with E-state index in [2.05, 4.69) is 21.2 Å². The van der Waals surface area contributed by atoms with Gasteiger partial charge in [0.1, 0.15) is 17.6 Å². The van der Waals surface area contributed by atoms with Gasteiger partial charge in [-0.3, -0.25) is 29.1 Å². The molecule has 12 nitrogen and oxygen atoms in total. The molecular formula is C31H31FN6O6. The maximum absolute atomic E-state index is 15.4. The monoisotopic (exact) mass is 602 g/mol. The van der Waals surface area contributed by atoms with Gasteiger partial charge in [-0.05, 0) is 65.4 Å². The van der Waals surface area contributed by atoms with E-state index < -0.39 is 34.7 Å². The van der Waals surface area contributed by atoms with E-state index in [1.807, 2.05) is 38.1 Å². The number of hydrogen-bond acceptors (Lipinski definition) is 8. The van der Waals surface area contributed by atoms with Crippen molar-refractivity contribution in [1.29, 1.82) is 0 Å². The Balaban J connectivity index is 1.46. The highest BCUT2D eigenvalue weighted by molar-refractivity contribution is 6.03. The molecule has 0 spiro atoms. The predicted molar refractivity (Wildman–Crippen MR) is 161 cm³/mol. The zero-order valence-electron chi connectivity index (χ0n) is 24.8. The van der Waals surface area contributed by atoms with Gasteiger partial charge in [0.25, 0.3) is 17.4 Å². The van der Waals surface area contributed by atoms with Crippen LogP contribution in [-0.4, -0.2) is 45.9 Å². The Morgan fingerprint density at radius 3 is 2.43 bits per heavy atom.